The number of hydrogen-bond donors (Lipinski definition) is 2. The average molecular weight is 419 g/mol. The molecule has 1 aromatic heterocycles. The third kappa shape index (κ3) is 4.26. The molecule has 0 radical (unpaired) electrons. The van der Waals surface area contributed by atoms with Gasteiger partial charge in [-0.25, -0.2) is 9.59 Å². The summed E-state index contributed by atoms with van der Waals surface area (Å²) >= 11 is 1.56. The number of aliphatic carboxylic acids is 2. The van der Waals surface area contributed by atoms with Gasteiger partial charge < -0.3 is 10.2 Å². The predicted octanol–water partition coefficient (Wildman–Crippen LogP) is 5.81. The Bertz CT molecular complexity index is 1110. The van der Waals surface area contributed by atoms with Crippen LogP contribution in [0.15, 0.2) is 77.9 Å². The Morgan fingerprint density at radius 3 is 1.60 bits per heavy atom. The van der Waals surface area contributed by atoms with Crippen molar-refractivity contribution < 1.29 is 19.8 Å². The first kappa shape index (κ1) is 21.3. The fourth-order valence-electron chi connectivity index (χ4n) is 3.60. The Morgan fingerprint density at radius 1 is 0.767 bits per heavy atom. The molecule has 0 aliphatic heterocycles. The van der Waals surface area contributed by atoms with Crippen LogP contribution in [0, 0.1) is 13.8 Å². The van der Waals surface area contributed by atoms with Crippen LogP contribution in [0.25, 0.3) is 11.1 Å². The minimum absolute atomic E-state index is 0.203. The Labute approximate surface area is 179 Å². The zero-order valence-electron chi connectivity index (χ0n) is 17.0. The number of carbonyl (C=O) groups is 2. The zero-order chi connectivity index (χ0) is 21.8. The zero-order valence-corrected chi connectivity index (χ0v) is 17.8. The van der Waals surface area contributed by atoms with E-state index < -0.39 is 11.9 Å². The van der Waals surface area contributed by atoms with Crippen molar-refractivity contribution in [1.82, 2.24) is 0 Å². The Balaban J connectivity index is 2.45. The maximum absolute atomic E-state index is 12.5. The first-order chi connectivity index (χ1) is 14.3. The van der Waals surface area contributed by atoms with Crippen LogP contribution in [0.3, 0.4) is 0 Å². The molecule has 0 spiro atoms. The molecule has 0 bridgehead atoms. The maximum Gasteiger partial charge on any atom is 0.337 e. The third-order valence-electron chi connectivity index (χ3n) is 4.87. The summed E-state index contributed by atoms with van der Waals surface area (Å²) < 4.78 is 0. The molecule has 152 valence electrons. The second-order valence-electron chi connectivity index (χ2n) is 6.92. The molecule has 30 heavy (non-hydrogen) atoms. The monoisotopic (exact) mass is 418 g/mol. The molecule has 4 nitrogen and oxygen atoms in total. The molecule has 0 saturated carbocycles. The normalized spacial score (nSPS) is 11.6. The summed E-state index contributed by atoms with van der Waals surface area (Å²) in [6.07, 6.45) is 0. The van der Waals surface area contributed by atoms with Gasteiger partial charge in [0.2, 0.25) is 0 Å². The van der Waals surface area contributed by atoms with Crippen LogP contribution < -0.4 is 0 Å². The van der Waals surface area contributed by atoms with Gasteiger partial charge in [0.15, 0.2) is 0 Å². The highest BCUT2D eigenvalue weighted by molar-refractivity contribution is 7.12. The number of rotatable bonds is 6. The molecule has 3 rings (SSSR count). The van der Waals surface area contributed by atoms with Crippen molar-refractivity contribution in [2.75, 3.05) is 0 Å². The van der Waals surface area contributed by atoms with Gasteiger partial charge in [0.1, 0.15) is 0 Å². The number of aryl methyl sites for hydroxylation is 2. The van der Waals surface area contributed by atoms with Crippen molar-refractivity contribution in [3.05, 3.63) is 104 Å². The fourth-order valence-corrected chi connectivity index (χ4v) is 4.58. The molecule has 5 heteroatoms. The van der Waals surface area contributed by atoms with Crippen LogP contribution >= 0.6 is 11.3 Å². The lowest BCUT2D eigenvalue weighted by atomic mass is 9.86. The van der Waals surface area contributed by atoms with E-state index >= 15 is 0 Å². The van der Waals surface area contributed by atoms with Gasteiger partial charge in [0.05, 0.1) is 11.1 Å². The molecular formula is C25H22O4S. The summed E-state index contributed by atoms with van der Waals surface area (Å²) in [6.45, 7) is 5.53. The van der Waals surface area contributed by atoms with Gasteiger partial charge in [0, 0.05) is 15.3 Å². The van der Waals surface area contributed by atoms with E-state index in [0.717, 1.165) is 15.3 Å². The van der Waals surface area contributed by atoms with Gasteiger partial charge in [-0.15, -0.1) is 11.3 Å². The summed E-state index contributed by atoms with van der Waals surface area (Å²) in [7, 11) is 0. The molecular weight excluding hydrogens is 396 g/mol. The molecule has 0 atom stereocenters. The minimum atomic E-state index is -1.28. The van der Waals surface area contributed by atoms with Crippen LogP contribution in [-0.4, -0.2) is 22.2 Å². The highest BCUT2D eigenvalue weighted by atomic mass is 32.1. The van der Waals surface area contributed by atoms with Crippen LogP contribution in [0.2, 0.25) is 0 Å². The molecule has 0 unspecified atom stereocenters. The predicted molar refractivity (Wildman–Crippen MR) is 121 cm³/mol. The number of carboxylic acid groups (broad SMARTS) is 2. The van der Waals surface area contributed by atoms with Crippen LogP contribution in [0.4, 0.5) is 0 Å². The highest BCUT2D eigenvalue weighted by Crippen LogP contribution is 2.36. The van der Waals surface area contributed by atoms with Crippen LogP contribution in [0.1, 0.15) is 33.4 Å². The van der Waals surface area contributed by atoms with Gasteiger partial charge in [-0.05, 0) is 49.1 Å². The van der Waals surface area contributed by atoms with Crippen molar-refractivity contribution in [1.29, 1.82) is 0 Å². The van der Waals surface area contributed by atoms with Gasteiger partial charge in [-0.2, -0.15) is 0 Å². The molecule has 2 N–H and O–H groups in total. The lowest BCUT2D eigenvalue weighted by Gasteiger charge is -2.16. The van der Waals surface area contributed by atoms with E-state index in [2.05, 4.69) is 0 Å². The molecule has 3 aromatic rings. The molecule has 0 fully saturated rings. The fraction of sp³-hybridized carbons (Fsp3) is 0.120. The second-order valence-corrected chi connectivity index (χ2v) is 8.38. The number of hydrogen-bond acceptors (Lipinski definition) is 3. The number of benzene rings is 2. The van der Waals surface area contributed by atoms with Crippen molar-refractivity contribution in [3.63, 3.8) is 0 Å². The summed E-state index contributed by atoms with van der Waals surface area (Å²) in [5, 5.41) is 20.3. The summed E-state index contributed by atoms with van der Waals surface area (Å²) in [4.78, 5) is 26.9. The Hall–Kier alpha value is -3.44. The van der Waals surface area contributed by atoms with Crippen LogP contribution in [-0.2, 0) is 9.59 Å². The van der Waals surface area contributed by atoms with Gasteiger partial charge in [-0.3, -0.25) is 0 Å². The summed E-state index contributed by atoms with van der Waals surface area (Å²) in [5.41, 5.74) is 2.44. The highest BCUT2D eigenvalue weighted by Gasteiger charge is 2.29. The largest absolute Gasteiger partial charge is 0.478 e. The van der Waals surface area contributed by atoms with E-state index in [9.17, 15) is 19.8 Å². The third-order valence-corrected chi connectivity index (χ3v) is 5.84. The summed E-state index contributed by atoms with van der Waals surface area (Å²) in [6, 6.07) is 20.0. The van der Waals surface area contributed by atoms with Crippen LogP contribution in [0.5, 0.6) is 0 Å². The second kappa shape index (κ2) is 8.93. The van der Waals surface area contributed by atoms with Crippen molar-refractivity contribution in [3.8, 4) is 0 Å². The lowest BCUT2D eigenvalue weighted by Crippen LogP contribution is -2.16. The lowest BCUT2D eigenvalue weighted by molar-refractivity contribution is -0.136. The van der Waals surface area contributed by atoms with Gasteiger partial charge in [0.25, 0.3) is 0 Å². The van der Waals surface area contributed by atoms with E-state index in [0.29, 0.717) is 22.3 Å². The molecule has 0 aliphatic rings. The Morgan fingerprint density at radius 2 is 1.23 bits per heavy atom. The number of carboxylic acids is 2. The summed E-state index contributed by atoms with van der Waals surface area (Å²) in [5.74, 6) is -2.54. The first-order valence-electron chi connectivity index (χ1n) is 9.41. The topological polar surface area (TPSA) is 74.6 Å². The smallest absolute Gasteiger partial charge is 0.337 e. The quantitative estimate of drug-likeness (QED) is 0.391. The van der Waals surface area contributed by atoms with Crippen molar-refractivity contribution in [2.24, 2.45) is 0 Å². The van der Waals surface area contributed by atoms with E-state index in [4.69, 9.17) is 0 Å². The Kier molecular flexibility index (Phi) is 6.33. The maximum atomic E-state index is 12.5. The molecule has 0 aliphatic carbocycles. The molecule has 2 aromatic carbocycles. The van der Waals surface area contributed by atoms with Crippen molar-refractivity contribution in [2.45, 2.75) is 20.8 Å². The van der Waals surface area contributed by atoms with E-state index in [1.54, 1.807) is 66.8 Å². The number of thiophene rings is 1. The molecule has 0 saturated heterocycles. The number of allylic oxidation sites excluding steroid dienone is 1. The van der Waals surface area contributed by atoms with Gasteiger partial charge in [-0.1, -0.05) is 60.7 Å². The van der Waals surface area contributed by atoms with Crippen molar-refractivity contribution >= 4 is 34.4 Å². The van der Waals surface area contributed by atoms with Gasteiger partial charge >= 0.3 is 11.9 Å². The SMILES string of the molecule is C/C(=C(\C(=O)O)C(C(=O)O)=C(c1ccccc1)c1ccccc1)c1cc(C)sc1C. The minimum Gasteiger partial charge on any atom is -0.478 e. The average Bonchev–Trinajstić information content (AvgIpc) is 3.06. The first-order valence-corrected chi connectivity index (χ1v) is 10.2. The molecule has 0 amide bonds. The standard InChI is InChI=1S/C25H22O4S/c1-15-14-20(17(3)30-15)16(2)21(24(26)27)23(25(28)29)22(18-10-6-4-7-11-18)19-12-8-5-9-13-19/h4-14H,1-3H3,(H,26,27)(H,28,29)/b21-16+. The molecule has 1 heterocycles. The van der Waals surface area contributed by atoms with E-state index in [1.807, 2.05) is 32.0 Å². The van der Waals surface area contributed by atoms with E-state index in [-0.39, 0.29) is 11.1 Å². The van der Waals surface area contributed by atoms with E-state index in [1.165, 1.54) is 0 Å².